The highest BCUT2D eigenvalue weighted by atomic mass is 16.5. The summed E-state index contributed by atoms with van der Waals surface area (Å²) < 4.78 is 4.60. The van der Waals surface area contributed by atoms with Crippen molar-refractivity contribution in [1.29, 1.82) is 0 Å². The molecule has 0 aromatic rings. The van der Waals surface area contributed by atoms with E-state index in [0.717, 1.165) is 12.8 Å². The van der Waals surface area contributed by atoms with E-state index in [1.807, 2.05) is 0 Å². The lowest BCUT2D eigenvalue weighted by molar-refractivity contribution is -0.151. The Kier molecular flexibility index (Phi) is 4.74. The number of esters is 1. The van der Waals surface area contributed by atoms with Crippen molar-refractivity contribution in [2.45, 2.75) is 44.2 Å². The average molecular weight is 243 g/mol. The van der Waals surface area contributed by atoms with Gasteiger partial charge in [0.1, 0.15) is 5.54 Å². The third-order valence-corrected chi connectivity index (χ3v) is 2.96. The van der Waals surface area contributed by atoms with Crippen molar-refractivity contribution in [3.63, 3.8) is 0 Å². The van der Waals surface area contributed by atoms with Crippen LogP contribution in [0.25, 0.3) is 0 Å². The molecule has 4 N–H and O–H groups in total. The van der Waals surface area contributed by atoms with Crippen LogP contribution in [0.3, 0.4) is 0 Å². The third kappa shape index (κ3) is 3.59. The summed E-state index contributed by atoms with van der Waals surface area (Å²) in [6, 6.07) is -0.240. The van der Waals surface area contributed by atoms with E-state index in [0.29, 0.717) is 19.4 Å². The fourth-order valence-electron chi connectivity index (χ4n) is 1.91. The van der Waals surface area contributed by atoms with Crippen LogP contribution in [0, 0.1) is 0 Å². The number of hydrogen-bond donors (Lipinski definition) is 3. The summed E-state index contributed by atoms with van der Waals surface area (Å²) in [6.07, 6.45) is 2.86. The minimum absolute atomic E-state index is 0.0410. The molecule has 0 radical (unpaired) electrons. The van der Waals surface area contributed by atoms with E-state index in [1.54, 1.807) is 0 Å². The van der Waals surface area contributed by atoms with Crippen LogP contribution in [0.5, 0.6) is 0 Å². The molecule has 0 aromatic carbocycles. The minimum atomic E-state index is -0.921. The summed E-state index contributed by atoms with van der Waals surface area (Å²) in [7, 11) is 1.31. The Morgan fingerprint density at radius 3 is 2.65 bits per heavy atom. The molecule has 17 heavy (non-hydrogen) atoms. The van der Waals surface area contributed by atoms with Gasteiger partial charge in [-0.1, -0.05) is 13.3 Å². The van der Waals surface area contributed by atoms with Crippen molar-refractivity contribution in [2.24, 2.45) is 5.73 Å². The van der Waals surface area contributed by atoms with E-state index < -0.39 is 11.5 Å². The Hall–Kier alpha value is -1.30. The topological polar surface area (TPSA) is 93.5 Å². The zero-order valence-electron chi connectivity index (χ0n) is 10.4. The molecule has 1 aliphatic rings. The van der Waals surface area contributed by atoms with Crippen LogP contribution in [-0.2, 0) is 9.53 Å². The molecule has 0 bridgehead atoms. The second-order valence-electron chi connectivity index (χ2n) is 4.51. The number of amides is 2. The smallest absolute Gasteiger partial charge is 0.325 e. The maximum atomic E-state index is 11.4. The largest absolute Gasteiger partial charge is 0.468 e. The lowest BCUT2D eigenvalue weighted by atomic mass is 9.73. The molecule has 0 saturated heterocycles. The number of rotatable bonds is 5. The van der Waals surface area contributed by atoms with Gasteiger partial charge in [0.25, 0.3) is 0 Å². The summed E-state index contributed by atoms with van der Waals surface area (Å²) in [5.74, 6) is -0.415. The predicted octanol–water partition coefficient (Wildman–Crippen LogP) is 0.119. The highest BCUT2D eigenvalue weighted by Gasteiger charge is 2.48. The van der Waals surface area contributed by atoms with Crippen molar-refractivity contribution in [1.82, 2.24) is 10.6 Å². The van der Waals surface area contributed by atoms with E-state index in [4.69, 9.17) is 5.73 Å². The molecule has 0 aliphatic heterocycles. The number of hydrogen-bond acceptors (Lipinski definition) is 4. The molecular formula is C11H21N3O3. The molecule has 1 fully saturated rings. The van der Waals surface area contributed by atoms with Crippen LogP contribution in [-0.4, -0.2) is 37.2 Å². The monoisotopic (exact) mass is 243 g/mol. The number of ether oxygens (including phenoxy) is 1. The van der Waals surface area contributed by atoms with Crippen LogP contribution >= 0.6 is 0 Å². The molecule has 0 unspecified atom stereocenters. The van der Waals surface area contributed by atoms with Gasteiger partial charge >= 0.3 is 12.0 Å². The van der Waals surface area contributed by atoms with Gasteiger partial charge in [-0.05, 0) is 19.3 Å². The number of nitrogens with one attached hydrogen (secondary N) is 2. The first-order valence-electron chi connectivity index (χ1n) is 5.93. The van der Waals surface area contributed by atoms with E-state index in [2.05, 4.69) is 22.3 Å². The van der Waals surface area contributed by atoms with E-state index in [1.165, 1.54) is 7.11 Å². The molecule has 1 saturated carbocycles. The lowest BCUT2D eigenvalue weighted by Crippen LogP contribution is -2.65. The highest BCUT2D eigenvalue weighted by Crippen LogP contribution is 2.30. The summed E-state index contributed by atoms with van der Waals surface area (Å²) in [6.45, 7) is 2.73. The number of urea groups is 1. The Morgan fingerprint density at radius 2 is 2.12 bits per heavy atom. The zero-order valence-corrected chi connectivity index (χ0v) is 10.4. The lowest BCUT2D eigenvalue weighted by Gasteiger charge is -2.42. The van der Waals surface area contributed by atoms with Gasteiger partial charge in [-0.2, -0.15) is 0 Å². The second-order valence-corrected chi connectivity index (χ2v) is 4.51. The Bertz CT molecular complexity index is 288. The maximum absolute atomic E-state index is 11.4. The van der Waals surface area contributed by atoms with Crippen LogP contribution in [0.4, 0.5) is 4.79 Å². The summed E-state index contributed by atoms with van der Waals surface area (Å²) in [5.41, 5.74) is 4.88. The van der Waals surface area contributed by atoms with Crippen LogP contribution in [0.1, 0.15) is 32.6 Å². The maximum Gasteiger partial charge on any atom is 0.325 e. The molecule has 6 heteroatoms. The van der Waals surface area contributed by atoms with Gasteiger partial charge < -0.3 is 21.1 Å². The predicted molar refractivity (Wildman–Crippen MR) is 63.4 cm³/mol. The number of carbonyl (C=O) groups is 2. The molecule has 1 rings (SSSR count). The standard InChI is InChI=1S/C11H21N3O3/c1-3-4-5-13-10(16)14-8-6-11(12,7-8)9(15)17-2/h8H,3-7,12H2,1-2H3,(H2,13,14,16). The summed E-state index contributed by atoms with van der Waals surface area (Å²) in [4.78, 5) is 22.7. The van der Waals surface area contributed by atoms with Crippen molar-refractivity contribution in [2.75, 3.05) is 13.7 Å². The van der Waals surface area contributed by atoms with Crippen molar-refractivity contribution < 1.29 is 14.3 Å². The second kappa shape index (κ2) is 5.86. The SMILES string of the molecule is CCCCNC(=O)NC1CC(N)(C(=O)OC)C1. The van der Waals surface area contributed by atoms with Crippen molar-refractivity contribution in [3.05, 3.63) is 0 Å². The quantitative estimate of drug-likeness (QED) is 0.472. The first-order valence-corrected chi connectivity index (χ1v) is 5.93. The van der Waals surface area contributed by atoms with E-state index >= 15 is 0 Å². The van der Waals surface area contributed by atoms with Gasteiger partial charge in [-0.25, -0.2) is 4.79 Å². The van der Waals surface area contributed by atoms with E-state index in [9.17, 15) is 9.59 Å². The fourth-order valence-corrected chi connectivity index (χ4v) is 1.91. The number of methoxy groups -OCH3 is 1. The van der Waals surface area contributed by atoms with Gasteiger partial charge in [0.05, 0.1) is 7.11 Å². The Labute approximate surface area is 101 Å². The minimum Gasteiger partial charge on any atom is -0.468 e. The molecule has 98 valence electrons. The highest BCUT2D eigenvalue weighted by molar-refractivity contribution is 5.83. The van der Waals surface area contributed by atoms with Crippen LogP contribution < -0.4 is 16.4 Å². The van der Waals surface area contributed by atoms with Gasteiger partial charge in [0.15, 0.2) is 0 Å². The average Bonchev–Trinajstić information content (AvgIpc) is 2.26. The zero-order chi connectivity index (χ0) is 12.9. The van der Waals surface area contributed by atoms with E-state index in [-0.39, 0.29) is 12.1 Å². The van der Waals surface area contributed by atoms with Crippen LogP contribution in [0.2, 0.25) is 0 Å². The molecule has 1 aliphatic carbocycles. The molecule has 0 atom stereocenters. The number of unbranched alkanes of at least 4 members (excludes halogenated alkanes) is 1. The molecule has 0 heterocycles. The summed E-state index contributed by atoms with van der Waals surface area (Å²) in [5, 5.41) is 5.52. The van der Waals surface area contributed by atoms with Crippen molar-refractivity contribution >= 4 is 12.0 Å². The third-order valence-electron chi connectivity index (χ3n) is 2.96. The normalized spacial score (nSPS) is 26.9. The van der Waals surface area contributed by atoms with Gasteiger partial charge in [-0.15, -0.1) is 0 Å². The fraction of sp³-hybridized carbons (Fsp3) is 0.818. The number of nitrogens with two attached hydrogens (primary N) is 1. The Morgan fingerprint density at radius 1 is 1.47 bits per heavy atom. The first-order chi connectivity index (χ1) is 8.01. The molecular weight excluding hydrogens is 222 g/mol. The number of carbonyl (C=O) groups excluding carboxylic acids is 2. The molecule has 6 nitrogen and oxygen atoms in total. The van der Waals surface area contributed by atoms with Gasteiger partial charge in [0, 0.05) is 12.6 Å². The molecule has 0 aromatic heterocycles. The Balaban J connectivity index is 2.20. The first kappa shape index (κ1) is 13.8. The molecule has 2 amide bonds. The van der Waals surface area contributed by atoms with Gasteiger partial charge in [0.2, 0.25) is 0 Å². The summed E-state index contributed by atoms with van der Waals surface area (Å²) >= 11 is 0. The van der Waals surface area contributed by atoms with Crippen LogP contribution in [0.15, 0.2) is 0 Å². The molecule has 0 spiro atoms. The van der Waals surface area contributed by atoms with Gasteiger partial charge in [-0.3, -0.25) is 4.79 Å². The van der Waals surface area contributed by atoms with Crippen molar-refractivity contribution in [3.8, 4) is 0 Å².